The fourth-order valence-corrected chi connectivity index (χ4v) is 7.35. The van der Waals surface area contributed by atoms with Gasteiger partial charge in [0.1, 0.15) is 12.7 Å². The topological polar surface area (TPSA) is 149 Å². The molecule has 11 heteroatoms. The number of phosphoric ester groups is 1. The highest BCUT2D eigenvalue weighted by Gasteiger charge is 2.27. The van der Waals surface area contributed by atoms with Crippen molar-refractivity contribution in [1.82, 2.24) is 0 Å². The lowest BCUT2D eigenvalue weighted by Crippen LogP contribution is -2.29. The second-order valence-electron chi connectivity index (χ2n) is 15.5. The van der Waals surface area contributed by atoms with Crippen molar-refractivity contribution in [3.05, 3.63) is 12.7 Å². The van der Waals surface area contributed by atoms with Crippen LogP contribution in [-0.4, -0.2) is 65.7 Å². The van der Waals surface area contributed by atoms with Crippen molar-refractivity contribution in [2.45, 2.75) is 231 Å². The maximum absolute atomic E-state index is 12.6. The van der Waals surface area contributed by atoms with E-state index in [0.29, 0.717) is 12.8 Å². The summed E-state index contributed by atoms with van der Waals surface area (Å²) in [6.45, 7) is 3.94. The van der Waals surface area contributed by atoms with Gasteiger partial charge in [-0.1, -0.05) is 186 Å². The smallest absolute Gasteiger partial charge is 0.462 e. The summed E-state index contributed by atoms with van der Waals surface area (Å²) in [5.41, 5.74) is 0. The second-order valence-corrected chi connectivity index (χ2v) is 17.0. The Kier molecular flexibility index (Phi) is 39.9. The van der Waals surface area contributed by atoms with Gasteiger partial charge in [0.25, 0.3) is 0 Å². The van der Waals surface area contributed by atoms with Crippen molar-refractivity contribution >= 4 is 19.8 Å². The first kappa shape index (κ1) is 53.7. The normalized spacial score (nSPS) is 13.7. The Hall–Kier alpha value is -1.29. The number of unbranched alkanes of at least 4 members (excludes halogenated alkanes) is 29. The Balaban J connectivity index is 4.21. The summed E-state index contributed by atoms with van der Waals surface area (Å²) in [6.07, 6.45) is 37.8. The Morgan fingerprint density at radius 3 is 1.33 bits per heavy atom. The SMILES string of the molecule is C=CCCCCCCCCCCCCCCCC(=O)OC[C@H](COP(=O)(O)OC[C@@H](O)CO)OC(=O)CCCCCCCCCCCCCCCCCCC. The Morgan fingerprint density at radius 2 is 0.927 bits per heavy atom. The van der Waals surface area contributed by atoms with Crippen LogP contribution in [0.5, 0.6) is 0 Å². The third-order valence-corrected chi connectivity index (χ3v) is 11.0. The van der Waals surface area contributed by atoms with Crippen LogP contribution in [0.15, 0.2) is 12.7 Å². The van der Waals surface area contributed by atoms with Crippen LogP contribution in [0.3, 0.4) is 0 Å². The summed E-state index contributed by atoms with van der Waals surface area (Å²) in [4.78, 5) is 35.0. The van der Waals surface area contributed by atoms with Crippen molar-refractivity contribution in [3.8, 4) is 0 Å². The average molecular weight is 805 g/mol. The number of aliphatic hydroxyl groups excluding tert-OH is 2. The molecule has 0 aliphatic heterocycles. The lowest BCUT2D eigenvalue weighted by Gasteiger charge is -2.20. The number of aliphatic hydroxyl groups is 2. The molecule has 326 valence electrons. The minimum Gasteiger partial charge on any atom is -0.462 e. The highest BCUT2D eigenvalue weighted by molar-refractivity contribution is 7.47. The molecule has 3 N–H and O–H groups in total. The van der Waals surface area contributed by atoms with Crippen LogP contribution >= 0.6 is 7.82 Å². The van der Waals surface area contributed by atoms with Crippen molar-refractivity contribution in [1.29, 1.82) is 0 Å². The van der Waals surface area contributed by atoms with Gasteiger partial charge in [-0.3, -0.25) is 18.6 Å². The largest absolute Gasteiger partial charge is 0.472 e. The van der Waals surface area contributed by atoms with E-state index >= 15 is 0 Å². The zero-order valence-electron chi connectivity index (χ0n) is 35.2. The number of allylic oxidation sites excluding steroid dienone is 1. The average Bonchev–Trinajstić information content (AvgIpc) is 3.17. The zero-order valence-corrected chi connectivity index (χ0v) is 36.1. The molecule has 1 unspecified atom stereocenters. The summed E-state index contributed by atoms with van der Waals surface area (Å²) < 4.78 is 32.8. The van der Waals surface area contributed by atoms with E-state index in [0.717, 1.165) is 44.9 Å². The summed E-state index contributed by atoms with van der Waals surface area (Å²) in [5.74, 6) is -0.914. The lowest BCUT2D eigenvalue weighted by atomic mass is 10.0. The number of ether oxygens (including phenoxy) is 2. The van der Waals surface area contributed by atoms with E-state index in [1.54, 1.807) is 0 Å². The second kappa shape index (κ2) is 40.9. The third-order valence-electron chi connectivity index (χ3n) is 10.1. The molecule has 10 nitrogen and oxygen atoms in total. The lowest BCUT2D eigenvalue weighted by molar-refractivity contribution is -0.161. The first-order valence-electron chi connectivity index (χ1n) is 22.6. The van der Waals surface area contributed by atoms with Gasteiger partial charge in [-0.2, -0.15) is 0 Å². The minimum atomic E-state index is -4.61. The van der Waals surface area contributed by atoms with Gasteiger partial charge in [0, 0.05) is 12.8 Å². The molecule has 0 radical (unpaired) electrons. The first-order valence-corrected chi connectivity index (χ1v) is 24.1. The van der Waals surface area contributed by atoms with E-state index in [4.69, 9.17) is 23.6 Å². The molecular formula is C44H85O10P. The number of esters is 2. The van der Waals surface area contributed by atoms with Gasteiger partial charge in [-0.05, 0) is 25.7 Å². The van der Waals surface area contributed by atoms with Gasteiger partial charge in [0.15, 0.2) is 6.10 Å². The van der Waals surface area contributed by atoms with E-state index in [1.165, 1.54) is 141 Å². The van der Waals surface area contributed by atoms with Gasteiger partial charge >= 0.3 is 19.8 Å². The van der Waals surface area contributed by atoms with Crippen molar-refractivity contribution in [2.75, 3.05) is 26.4 Å². The molecule has 0 aliphatic rings. The van der Waals surface area contributed by atoms with Crippen LogP contribution in [0.4, 0.5) is 0 Å². The van der Waals surface area contributed by atoms with Gasteiger partial charge in [0.05, 0.1) is 19.8 Å². The summed E-state index contributed by atoms with van der Waals surface area (Å²) in [6, 6.07) is 0. The Morgan fingerprint density at radius 1 is 0.564 bits per heavy atom. The van der Waals surface area contributed by atoms with E-state index < -0.39 is 51.8 Å². The summed E-state index contributed by atoms with van der Waals surface area (Å²) in [5, 5.41) is 18.3. The van der Waals surface area contributed by atoms with Gasteiger partial charge < -0.3 is 24.6 Å². The molecule has 0 spiro atoms. The van der Waals surface area contributed by atoms with Crippen LogP contribution in [0.25, 0.3) is 0 Å². The quantitative estimate of drug-likeness (QED) is 0.0235. The zero-order chi connectivity index (χ0) is 40.5. The Bertz CT molecular complexity index is 917. The molecule has 0 bridgehead atoms. The number of hydrogen-bond donors (Lipinski definition) is 3. The highest BCUT2D eigenvalue weighted by Crippen LogP contribution is 2.43. The summed E-state index contributed by atoms with van der Waals surface area (Å²) in [7, 11) is -4.61. The molecule has 0 rings (SSSR count). The fraction of sp³-hybridized carbons (Fsp3) is 0.909. The molecule has 0 heterocycles. The predicted octanol–water partition coefficient (Wildman–Crippen LogP) is 12.0. The van der Waals surface area contributed by atoms with E-state index in [1.807, 2.05) is 6.08 Å². The highest BCUT2D eigenvalue weighted by atomic mass is 31.2. The molecule has 0 fully saturated rings. The van der Waals surface area contributed by atoms with Gasteiger partial charge in [-0.25, -0.2) is 4.57 Å². The molecule has 55 heavy (non-hydrogen) atoms. The van der Waals surface area contributed by atoms with Crippen LogP contribution in [0, 0.1) is 0 Å². The molecule has 0 aliphatic carbocycles. The minimum absolute atomic E-state index is 0.190. The molecule has 0 aromatic rings. The van der Waals surface area contributed by atoms with Crippen LogP contribution in [0.1, 0.15) is 219 Å². The Labute approximate surface area is 336 Å². The molecule has 0 aromatic heterocycles. The maximum Gasteiger partial charge on any atom is 0.472 e. The molecule has 3 atom stereocenters. The molecule has 0 amide bonds. The van der Waals surface area contributed by atoms with Gasteiger partial charge in [-0.15, -0.1) is 6.58 Å². The monoisotopic (exact) mass is 805 g/mol. The molecule has 0 saturated carbocycles. The van der Waals surface area contributed by atoms with Crippen molar-refractivity contribution < 1.29 is 47.8 Å². The van der Waals surface area contributed by atoms with Gasteiger partial charge in [0.2, 0.25) is 0 Å². The maximum atomic E-state index is 12.6. The number of hydrogen-bond acceptors (Lipinski definition) is 9. The van der Waals surface area contributed by atoms with Crippen LogP contribution < -0.4 is 0 Å². The van der Waals surface area contributed by atoms with Crippen molar-refractivity contribution in [2.24, 2.45) is 0 Å². The van der Waals surface area contributed by atoms with Crippen LogP contribution in [0.2, 0.25) is 0 Å². The van der Waals surface area contributed by atoms with Crippen molar-refractivity contribution in [3.63, 3.8) is 0 Å². The number of phosphoric acid groups is 1. The molecule has 0 saturated heterocycles. The number of carbonyl (C=O) groups is 2. The van der Waals surface area contributed by atoms with E-state index in [-0.39, 0.29) is 19.4 Å². The fourth-order valence-electron chi connectivity index (χ4n) is 6.56. The number of carbonyl (C=O) groups excluding carboxylic acids is 2. The van der Waals surface area contributed by atoms with Crippen LogP contribution in [-0.2, 0) is 32.7 Å². The third kappa shape index (κ3) is 40.7. The number of rotatable bonds is 44. The molecule has 0 aromatic carbocycles. The van der Waals surface area contributed by atoms with E-state index in [2.05, 4.69) is 13.5 Å². The molecular weight excluding hydrogens is 719 g/mol. The summed E-state index contributed by atoms with van der Waals surface area (Å²) >= 11 is 0. The predicted molar refractivity (Wildman–Crippen MR) is 224 cm³/mol. The standard InChI is InChI=1S/C44H85O10P/c1-3-5-7-9-11-13-15-17-19-20-22-24-26-28-30-32-34-36-44(48)54-42(40-53-55(49,50)52-38-41(46)37-45)39-51-43(47)35-33-31-29-27-25-23-21-18-16-14-12-10-8-6-4-2/h4,41-42,45-46H,2-3,5-40H2,1H3,(H,49,50)/t41-,42+/m0/s1. The first-order chi connectivity index (χ1) is 26.7. The van der Waals surface area contributed by atoms with E-state index in [9.17, 15) is 24.2 Å².